The first-order chi connectivity index (χ1) is 18.6. The molecule has 0 fully saturated rings. The van der Waals surface area contributed by atoms with E-state index in [-0.39, 0.29) is 37.6 Å². The predicted molar refractivity (Wildman–Crippen MR) is 156 cm³/mol. The largest absolute Gasteiger partial charge is 0.490 e. The van der Waals surface area contributed by atoms with Gasteiger partial charge in [-0.1, -0.05) is 30.9 Å². The van der Waals surface area contributed by atoms with Crippen molar-refractivity contribution >= 4 is 42.1 Å². The molecule has 7 N–H and O–H groups in total. The summed E-state index contributed by atoms with van der Waals surface area (Å²) >= 11 is 0. The Morgan fingerprint density at radius 3 is 2.12 bits per heavy atom. The van der Waals surface area contributed by atoms with Crippen LogP contribution in [0, 0.1) is 0 Å². The van der Waals surface area contributed by atoms with E-state index in [0.717, 1.165) is 5.56 Å². The molecule has 1 aromatic rings. The molecule has 0 aromatic heterocycles. The third kappa shape index (κ3) is 14.2. The first kappa shape index (κ1) is 35.9. The number of nitrogens with two attached hydrogens (primary N) is 2. The van der Waals surface area contributed by atoms with Crippen LogP contribution in [-0.4, -0.2) is 68.0 Å². The first-order valence-corrected chi connectivity index (χ1v) is 12.6. The molecular formula is C27H41ClN6O6. The number of benzene rings is 1. The van der Waals surface area contributed by atoms with Crippen LogP contribution >= 0.6 is 12.4 Å². The maximum absolute atomic E-state index is 13.3. The van der Waals surface area contributed by atoms with Gasteiger partial charge in [0, 0.05) is 19.9 Å². The number of rotatable bonds is 18. The van der Waals surface area contributed by atoms with Crippen LogP contribution in [0.5, 0.6) is 5.75 Å². The summed E-state index contributed by atoms with van der Waals surface area (Å²) in [4.78, 5) is 54.3. The topological polar surface area (TPSA) is 187 Å². The highest BCUT2D eigenvalue weighted by molar-refractivity contribution is 5.93. The van der Waals surface area contributed by atoms with E-state index in [1.54, 1.807) is 30.3 Å². The van der Waals surface area contributed by atoms with E-state index < -0.39 is 41.8 Å². The van der Waals surface area contributed by atoms with Crippen molar-refractivity contribution in [1.29, 1.82) is 0 Å². The molecule has 0 aliphatic heterocycles. The lowest BCUT2D eigenvalue weighted by molar-refractivity contribution is -0.145. The Bertz CT molecular complexity index is 1010. The Labute approximate surface area is 241 Å². The van der Waals surface area contributed by atoms with Crippen molar-refractivity contribution in [3.8, 4) is 5.75 Å². The lowest BCUT2D eigenvalue weighted by atomic mass is 10.0. The van der Waals surface area contributed by atoms with Gasteiger partial charge < -0.3 is 36.9 Å². The summed E-state index contributed by atoms with van der Waals surface area (Å²) in [6.45, 7) is 9.22. The van der Waals surface area contributed by atoms with Crippen LogP contribution in [0.1, 0.15) is 38.2 Å². The number of carbonyl (C=O) groups is 4. The van der Waals surface area contributed by atoms with Gasteiger partial charge in [-0.2, -0.15) is 0 Å². The van der Waals surface area contributed by atoms with Crippen LogP contribution < -0.4 is 32.2 Å². The molecule has 0 radical (unpaired) electrons. The molecular weight excluding hydrogens is 540 g/mol. The van der Waals surface area contributed by atoms with Crippen LogP contribution in [0.4, 0.5) is 0 Å². The Balaban J connectivity index is 0.0000152. The average Bonchev–Trinajstić information content (AvgIpc) is 2.90. The van der Waals surface area contributed by atoms with Crippen LogP contribution in [0.3, 0.4) is 0 Å². The zero-order chi connectivity index (χ0) is 29.2. The van der Waals surface area contributed by atoms with Crippen LogP contribution in [-0.2, 0) is 30.3 Å². The Morgan fingerprint density at radius 1 is 0.950 bits per heavy atom. The van der Waals surface area contributed by atoms with Gasteiger partial charge in [0.1, 0.15) is 30.5 Å². The lowest BCUT2D eigenvalue weighted by Crippen LogP contribution is -2.56. The second kappa shape index (κ2) is 19.9. The monoisotopic (exact) mass is 580 g/mol. The van der Waals surface area contributed by atoms with E-state index in [1.165, 1.54) is 20.1 Å². The summed E-state index contributed by atoms with van der Waals surface area (Å²) in [5, 5.41) is 7.97. The van der Waals surface area contributed by atoms with E-state index >= 15 is 0 Å². The normalized spacial score (nSPS) is 12.2. The number of carbonyl (C=O) groups excluding carboxylic acids is 4. The van der Waals surface area contributed by atoms with Gasteiger partial charge in [0.2, 0.25) is 17.7 Å². The number of hydrogen-bond donors (Lipinski definition) is 5. The van der Waals surface area contributed by atoms with Gasteiger partial charge in [-0.3, -0.25) is 19.4 Å². The Hall–Kier alpha value is -4.06. The molecule has 1 rings (SSSR count). The number of nitrogens with zero attached hydrogens (tertiary/aromatic N) is 1. The SMILES string of the molecule is C=CCOc1ccc(C[C@H](NC(C)=O)C(=O)N[C@@H](CCCCN=C(N)N)C(=O)N[C@@H](CC=C)C(=O)OC)cc1.Cl. The molecule has 0 heterocycles. The summed E-state index contributed by atoms with van der Waals surface area (Å²) in [5.74, 6) is -1.58. The number of unbranched alkanes of at least 4 members (excludes halogenated alkanes) is 1. The van der Waals surface area contributed by atoms with Crippen molar-refractivity contribution in [2.75, 3.05) is 20.3 Å². The number of hydrogen-bond acceptors (Lipinski definition) is 7. The van der Waals surface area contributed by atoms with Crippen molar-refractivity contribution in [3.63, 3.8) is 0 Å². The lowest BCUT2D eigenvalue weighted by Gasteiger charge is -2.24. The van der Waals surface area contributed by atoms with Crippen molar-refractivity contribution in [1.82, 2.24) is 16.0 Å². The molecule has 0 spiro atoms. The van der Waals surface area contributed by atoms with Crippen molar-refractivity contribution in [2.45, 2.75) is 57.2 Å². The minimum atomic E-state index is -1.00. The molecule has 222 valence electrons. The fraction of sp³-hybridized carbons (Fsp3) is 0.444. The molecule has 0 aliphatic rings. The molecule has 0 saturated carbocycles. The summed E-state index contributed by atoms with van der Waals surface area (Å²) in [6.07, 6.45) is 4.71. The van der Waals surface area contributed by atoms with Gasteiger partial charge in [0.15, 0.2) is 5.96 Å². The van der Waals surface area contributed by atoms with Crippen LogP contribution in [0.2, 0.25) is 0 Å². The number of methoxy groups -OCH3 is 1. The zero-order valence-electron chi connectivity index (χ0n) is 23.0. The van der Waals surface area contributed by atoms with E-state index in [0.29, 0.717) is 31.7 Å². The highest BCUT2D eigenvalue weighted by Crippen LogP contribution is 2.14. The standard InChI is InChI=1S/C27H40N6O6.ClH/c1-5-9-22(26(37)38-4)33-24(35)21(10-7-8-15-30-27(28)29)32-25(36)23(31-18(3)34)17-19-11-13-20(14-12-19)39-16-6-2;/h5-6,11-14,21-23H,1-2,7-10,15-17H2,3-4H3,(H,31,34)(H,32,36)(H,33,35)(H4,28,29,30);1H/t21-,22-,23-;/m0./s1. The molecule has 1 aromatic carbocycles. The van der Waals surface area contributed by atoms with Gasteiger partial charge in [-0.15, -0.1) is 19.0 Å². The predicted octanol–water partition coefficient (Wildman–Crippen LogP) is 0.883. The third-order valence-electron chi connectivity index (χ3n) is 5.46. The molecule has 0 aliphatic carbocycles. The number of esters is 1. The van der Waals surface area contributed by atoms with Gasteiger partial charge in [-0.05, 0) is 43.4 Å². The van der Waals surface area contributed by atoms with E-state index in [4.69, 9.17) is 20.9 Å². The molecule has 3 atom stereocenters. The van der Waals surface area contributed by atoms with Crippen molar-refractivity contribution in [2.24, 2.45) is 16.5 Å². The maximum Gasteiger partial charge on any atom is 0.328 e. The second-order valence-electron chi connectivity index (χ2n) is 8.67. The summed E-state index contributed by atoms with van der Waals surface area (Å²) < 4.78 is 10.2. The van der Waals surface area contributed by atoms with Crippen molar-refractivity contribution in [3.05, 3.63) is 55.1 Å². The fourth-order valence-electron chi connectivity index (χ4n) is 3.57. The summed E-state index contributed by atoms with van der Waals surface area (Å²) in [6, 6.07) is 4.15. The number of guanidine groups is 1. The Kier molecular flexibility index (Phi) is 17.9. The molecule has 0 bridgehead atoms. The van der Waals surface area contributed by atoms with Crippen LogP contribution in [0.15, 0.2) is 54.6 Å². The van der Waals surface area contributed by atoms with Crippen molar-refractivity contribution < 1.29 is 28.7 Å². The van der Waals surface area contributed by atoms with Gasteiger partial charge in [0.25, 0.3) is 0 Å². The van der Waals surface area contributed by atoms with Gasteiger partial charge in [-0.25, -0.2) is 4.79 Å². The zero-order valence-corrected chi connectivity index (χ0v) is 23.8. The number of amides is 3. The minimum Gasteiger partial charge on any atom is -0.490 e. The molecule has 13 heteroatoms. The fourth-order valence-corrected chi connectivity index (χ4v) is 3.57. The molecule has 40 heavy (non-hydrogen) atoms. The van der Waals surface area contributed by atoms with Gasteiger partial charge in [0.05, 0.1) is 7.11 Å². The number of halogens is 1. The highest BCUT2D eigenvalue weighted by atomic mass is 35.5. The number of ether oxygens (including phenoxy) is 2. The third-order valence-corrected chi connectivity index (χ3v) is 5.46. The number of aliphatic imine (C=N–C) groups is 1. The van der Waals surface area contributed by atoms with E-state index in [1.807, 2.05) is 0 Å². The molecule has 0 saturated heterocycles. The first-order valence-electron chi connectivity index (χ1n) is 12.6. The van der Waals surface area contributed by atoms with Gasteiger partial charge >= 0.3 is 5.97 Å². The Morgan fingerprint density at radius 2 is 1.57 bits per heavy atom. The van der Waals surface area contributed by atoms with E-state index in [2.05, 4.69) is 34.1 Å². The number of nitrogens with one attached hydrogen (secondary N) is 3. The summed E-state index contributed by atoms with van der Waals surface area (Å²) in [7, 11) is 1.21. The smallest absolute Gasteiger partial charge is 0.328 e. The molecule has 0 unspecified atom stereocenters. The molecule has 12 nitrogen and oxygen atoms in total. The van der Waals surface area contributed by atoms with Crippen LogP contribution in [0.25, 0.3) is 0 Å². The quantitative estimate of drug-likeness (QED) is 0.0556. The minimum absolute atomic E-state index is 0. The second-order valence-corrected chi connectivity index (χ2v) is 8.67. The highest BCUT2D eigenvalue weighted by Gasteiger charge is 2.29. The summed E-state index contributed by atoms with van der Waals surface area (Å²) in [5.41, 5.74) is 11.5. The average molecular weight is 581 g/mol. The van der Waals surface area contributed by atoms with E-state index in [9.17, 15) is 19.2 Å². The molecule has 3 amide bonds. The maximum atomic E-state index is 13.3.